The first-order valence-corrected chi connectivity index (χ1v) is 9.63. The first kappa shape index (κ1) is 19.3. The highest BCUT2D eigenvalue weighted by atomic mass is 32.2. The summed E-state index contributed by atoms with van der Waals surface area (Å²) in [4.78, 5) is 36.0. The van der Waals surface area contributed by atoms with Crippen molar-refractivity contribution in [2.75, 3.05) is 6.54 Å². The SMILES string of the molecule is CC(C)C(NS(=O)(=O)c1ccccc1)C(=O)CC1CCNC(=O)C1=O. The molecule has 0 aromatic heterocycles. The number of benzene rings is 1. The van der Waals surface area contributed by atoms with Gasteiger partial charge in [0.2, 0.25) is 15.8 Å². The van der Waals surface area contributed by atoms with E-state index in [4.69, 9.17) is 0 Å². The van der Waals surface area contributed by atoms with Crippen LogP contribution in [0.4, 0.5) is 0 Å². The van der Waals surface area contributed by atoms with Gasteiger partial charge in [0.05, 0.1) is 10.9 Å². The second kappa shape index (κ2) is 7.88. The van der Waals surface area contributed by atoms with Crippen molar-refractivity contribution in [3.05, 3.63) is 30.3 Å². The molecular formula is C17H22N2O5S. The van der Waals surface area contributed by atoms with Crippen molar-refractivity contribution in [3.63, 3.8) is 0 Å². The summed E-state index contributed by atoms with van der Waals surface area (Å²) in [5, 5.41) is 2.44. The van der Waals surface area contributed by atoms with Crippen LogP contribution in [0.5, 0.6) is 0 Å². The number of piperidine rings is 1. The van der Waals surface area contributed by atoms with Gasteiger partial charge in [-0.05, 0) is 24.5 Å². The maximum Gasteiger partial charge on any atom is 0.287 e. The molecule has 0 saturated carbocycles. The molecule has 0 bridgehead atoms. The van der Waals surface area contributed by atoms with Gasteiger partial charge >= 0.3 is 0 Å². The molecule has 25 heavy (non-hydrogen) atoms. The molecule has 1 heterocycles. The zero-order valence-corrected chi connectivity index (χ0v) is 15.0. The lowest BCUT2D eigenvalue weighted by atomic mass is 9.87. The third-order valence-electron chi connectivity index (χ3n) is 4.17. The van der Waals surface area contributed by atoms with E-state index in [-0.39, 0.29) is 23.0 Å². The number of Topliss-reactive ketones (excluding diaryl/α,β-unsaturated/α-hetero) is 2. The lowest BCUT2D eigenvalue weighted by Crippen LogP contribution is -2.48. The first-order chi connectivity index (χ1) is 11.7. The van der Waals surface area contributed by atoms with Crippen LogP contribution in [0, 0.1) is 11.8 Å². The number of ketones is 2. The molecule has 1 aliphatic rings. The zero-order valence-electron chi connectivity index (χ0n) is 14.2. The predicted molar refractivity (Wildman–Crippen MR) is 91.1 cm³/mol. The maximum absolute atomic E-state index is 12.6. The van der Waals surface area contributed by atoms with Gasteiger partial charge in [-0.2, -0.15) is 0 Å². The monoisotopic (exact) mass is 366 g/mol. The molecule has 1 aromatic carbocycles. The molecule has 7 nitrogen and oxygen atoms in total. The van der Waals surface area contributed by atoms with E-state index in [9.17, 15) is 22.8 Å². The van der Waals surface area contributed by atoms with Gasteiger partial charge in [-0.3, -0.25) is 14.4 Å². The van der Waals surface area contributed by atoms with E-state index in [1.54, 1.807) is 32.0 Å². The number of rotatable bonds is 7. The predicted octanol–water partition coefficient (Wildman–Crippen LogP) is 0.654. The Kier molecular flexibility index (Phi) is 6.07. The molecule has 1 aliphatic heterocycles. The van der Waals surface area contributed by atoms with E-state index in [1.807, 2.05) is 0 Å². The summed E-state index contributed by atoms with van der Waals surface area (Å²) >= 11 is 0. The van der Waals surface area contributed by atoms with E-state index in [0.29, 0.717) is 13.0 Å². The van der Waals surface area contributed by atoms with E-state index < -0.39 is 33.7 Å². The summed E-state index contributed by atoms with van der Waals surface area (Å²) in [6.45, 7) is 3.79. The average molecular weight is 366 g/mol. The fourth-order valence-electron chi connectivity index (χ4n) is 2.74. The van der Waals surface area contributed by atoms with Crippen LogP contribution in [0.25, 0.3) is 0 Å². The van der Waals surface area contributed by atoms with Gasteiger partial charge < -0.3 is 5.32 Å². The molecule has 0 spiro atoms. The maximum atomic E-state index is 12.6. The number of sulfonamides is 1. The summed E-state index contributed by atoms with van der Waals surface area (Å²) < 4.78 is 27.4. The van der Waals surface area contributed by atoms with Gasteiger partial charge in [-0.15, -0.1) is 0 Å². The van der Waals surface area contributed by atoms with Gasteiger partial charge in [-0.1, -0.05) is 32.0 Å². The smallest absolute Gasteiger partial charge is 0.287 e. The van der Waals surface area contributed by atoms with Crippen molar-refractivity contribution in [2.45, 2.75) is 37.6 Å². The molecule has 1 fully saturated rings. The number of hydrogen-bond acceptors (Lipinski definition) is 5. The minimum absolute atomic E-state index is 0.0709. The van der Waals surface area contributed by atoms with Gasteiger partial charge in [0.15, 0.2) is 5.78 Å². The van der Waals surface area contributed by atoms with Crippen molar-refractivity contribution >= 4 is 27.5 Å². The molecule has 1 aromatic rings. The fourth-order valence-corrected chi connectivity index (χ4v) is 4.13. The lowest BCUT2D eigenvalue weighted by Gasteiger charge is -2.25. The number of hydrogen-bond donors (Lipinski definition) is 2. The molecule has 0 radical (unpaired) electrons. The van der Waals surface area contributed by atoms with Crippen LogP contribution in [0.1, 0.15) is 26.7 Å². The third kappa shape index (κ3) is 4.73. The van der Waals surface area contributed by atoms with E-state index in [2.05, 4.69) is 10.0 Å². The van der Waals surface area contributed by atoms with Gasteiger partial charge in [-0.25, -0.2) is 13.1 Å². The first-order valence-electron chi connectivity index (χ1n) is 8.14. The molecule has 1 amide bonds. The largest absolute Gasteiger partial charge is 0.349 e. The zero-order chi connectivity index (χ0) is 18.6. The highest BCUT2D eigenvalue weighted by molar-refractivity contribution is 7.89. The summed E-state index contributed by atoms with van der Waals surface area (Å²) in [7, 11) is -3.85. The molecule has 136 valence electrons. The number of carbonyl (C=O) groups is 3. The Hall–Kier alpha value is -2.06. The van der Waals surface area contributed by atoms with Crippen LogP contribution in [-0.4, -0.2) is 38.5 Å². The van der Waals surface area contributed by atoms with Crippen molar-refractivity contribution in [3.8, 4) is 0 Å². The fraction of sp³-hybridized carbons (Fsp3) is 0.471. The quantitative estimate of drug-likeness (QED) is 0.689. The van der Waals surface area contributed by atoms with E-state index in [0.717, 1.165) is 0 Å². The number of carbonyl (C=O) groups excluding carboxylic acids is 3. The topological polar surface area (TPSA) is 109 Å². The van der Waals surface area contributed by atoms with E-state index >= 15 is 0 Å². The minimum atomic E-state index is -3.85. The molecule has 2 rings (SSSR count). The number of amides is 1. The molecule has 2 N–H and O–H groups in total. The van der Waals surface area contributed by atoms with Crippen molar-refractivity contribution < 1.29 is 22.8 Å². The van der Waals surface area contributed by atoms with Crippen LogP contribution in [0.3, 0.4) is 0 Å². The molecule has 8 heteroatoms. The molecule has 1 saturated heterocycles. The van der Waals surface area contributed by atoms with Crippen molar-refractivity contribution in [1.82, 2.24) is 10.0 Å². The summed E-state index contributed by atoms with van der Waals surface area (Å²) in [6.07, 6.45) is 0.235. The second-order valence-electron chi connectivity index (χ2n) is 6.43. The van der Waals surface area contributed by atoms with Crippen molar-refractivity contribution in [2.24, 2.45) is 11.8 Å². The third-order valence-corrected chi connectivity index (χ3v) is 5.63. The van der Waals surface area contributed by atoms with Crippen LogP contribution in [0.2, 0.25) is 0 Å². The molecule has 2 unspecified atom stereocenters. The molecule has 0 aliphatic carbocycles. The van der Waals surface area contributed by atoms with Crippen molar-refractivity contribution in [1.29, 1.82) is 0 Å². The Morgan fingerprint density at radius 2 is 1.88 bits per heavy atom. The van der Waals surface area contributed by atoms with Crippen LogP contribution in [0.15, 0.2) is 35.2 Å². The van der Waals surface area contributed by atoms with Crippen LogP contribution < -0.4 is 10.0 Å². The summed E-state index contributed by atoms with van der Waals surface area (Å²) in [5.41, 5.74) is 0. The Labute approximate surface area is 147 Å². The normalized spacial score (nSPS) is 19.6. The van der Waals surface area contributed by atoms with Gasteiger partial charge in [0, 0.05) is 18.9 Å². The van der Waals surface area contributed by atoms with Crippen LogP contribution >= 0.6 is 0 Å². The van der Waals surface area contributed by atoms with Crippen LogP contribution in [-0.2, 0) is 24.4 Å². The number of nitrogens with one attached hydrogen (secondary N) is 2. The highest BCUT2D eigenvalue weighted by Gasteiger charge is 2.35. The van der Waals surface area contributed by atoms with Gasteiger partial charge in [0.25, 0.3) is 5.91 Å². The Balaban J connectivity index is 2.13. The summed E-state index contributed by atoms with van der Waals surface area (Å²) in [5.74, 6) is -2.67. The minimum Gasteiger partial charge on any atom is -0.349 e. The molecular weight excluding hydrogens is 344 g/mol. The Morgan fingerprint density at radius 1 is 1.24 bits per heavy atom. The Bertz CT molecular complexity index is 759. The lowest BCUT2D eigenvalue weighted by molar-refractivity contribution is -0.143. The van der Waals surface area contributed by atoms with Gasteiger partial charge in [0.1, 0.15) is 0 Å². The van der Waals surface area contributed by atoms with E-state index in [1.165, 1.54) is 12.1 Å². The average Bonchev–Trinajstić information content (AvgIpc) is 2.57. The summed E-state index contributed by atoms with van der Waals surface area (Å²) in [6, 6.07) is 6.82. The Morgan fingerprint density at radius 3 is 2.48 bits per heavy atom. The standard InChI is InChI=1S/C17H22N2O5S/c1-11(2)15(19-25(23,24)13-6-4-3-5-7-13)14(20)10-12-8-9-18-17(22)16(12)21/h3-7,11-12,15,19H,8-10H2,1-2H3,(H,18,22). The second-order valence-corrected chi connectivity index (χ2v) is 8.15. The molecule has 2 atom stereocenters. The highest BCUT2D eigenvalue weighted by Crippen LogP contribution is 2.19.